The van der Waals surface area contributed by atoms with Gasteiger partial charge in [0.25, 0.3) is 0 Å². The Kier molecular flexibility index (Phi) is 3.31. The third-order valence-electron chi connectivity index (χ3n) is 4.13. The Hall–Kier alpha value is -1.90. The average Bonchev–Trinajstić information content (AvgIpc) is 2.33. The second-order valence-corrected chi connectivity index (χ2v) is 5.25. The van der Waals surface area contributed by atoms with E-state index in [1.165, 1.54) is 33.4 Å². The molecule has 0 spiro atoms. The van der Waals surface area contributed by atoms with Gasteiger partial charge in [-0.1, -0.05) is 0 Å². The van der Waals surface area contributed by atoms with Crippen molar-refractivity contribution < 1.29 is 0 Å². The first kappa shape index (κ1) is 13.5. The molecule has 1 aromatic carbocycles. The van der Waals surface area contributed by atoms with E-state index < -0.39 is 0 Å². The maximum Gasteiger partial charge on any atom is 0.220 e. The van der Waals surface area contributed by atoms with Gasteiger partial charge in [-0.3, -0.25) is 0 Å². The molecule has 0 aliphatic heterocycles. The Morgan fingerprint density at radius 3 is 1.68 bits per heavy atom. The lowest BCUT2D eigenvalue weighted by atomic mass is 9.88. The molecule has 0 unspecified atom stereocenters. The highest BCUT2D eigenvalue weighted by molar-refractivity contribution is 5.72. The third kappa shape index (κ3) is 2.21. The van der Waals surface area contributed by atoms with Gasteiger partial charge in [-0.15, -0.1) is 0 Å². The standard InChI is InChI=1S/C16H21N3/c1-8-7-14(19-16(17)18-8)15-12(5)10(3)9(2)11(4)13(15)6/h7H,1-6H3,(H2,17,18,19). The largest absolute Gasteiger partial charge is 0.368 e. The van der Waals surface area contributed by atoms with Gasteiger partial charge in [0.2, 0.25) is 5.95 Å². The highest BCUT2D eigenvalue weighted by Crippen LogP contribution is 2.33. The van der Waals surface area contributed by atoms with Crippen LogP contribution in [0.2, 0.25) is 0 Å². The monoisotopic (exact) mass is 255 g/mol. The topological polar surface area (TPSA) is 51.8 Å². The zero-order valence-corrected chi connectivity index (χ0v) is 12.5. The fraction of sp³-hybridized carbons (Fsp3) is 0.375. The number of hydrogen-bond acceptors (Lipinski definition) is 3. The molecule has 0 saturated carbocycles. The summed E-state index contributed by atoms with van der Waals surface area (Å²) in [5.41, 5.74) is 15.4. The Balaban J connectivity index is 2.82. The lowest BCUT2D eigenvalue weighted by molar-refractivity contribution is 1.11. The summed E-state index contributed by atoms with van der Waals surface area (Å²) in [4.78, 5) is 8.55. The van der Waals surface area contributed by atoms with Gasteiger partial charge in [0.1, 0.15) is 0 Å². The van der Waals surface area contributed by atoms with Gasteiger partial charge in [-0.05, 0) is 75.4 Å². The quantitative estimate of drug-likeness (QED) is 0.847. The van der Waals surface area contributed by atoms with Gasteiger partial charge in [0.15, 0.2) is 0 Å². The van der Waals surface area contributed by atoms with E-state index in [1.807, 2.05) is 13.0 Å². The molecular formula is C16H21N3. The number of nitrogen functional groups attached to an aromatic ring is 1. The normalized spacial score (nSPS) is 10.8. The molecule has 0 atom stereocenters. The molecule has 2 N–H and O–H groups in total. The zero-order chi connectivity index (χ0) is 14.3. The van der Waals surface area contributed by atoms with Gasteiger partial charge in [0.05, 0.1) is 5.69 Å². The van der Waals surface area contributed by atoms with Crippen molar-refractivity contribution in [2.45, 2.75) is 41.5 Å². The summed E-state index contributed by atoms with van der Waals surface area (Å²) in [5.74, 6) is 0.338. The van der Waals surface area contributed by atoms with E-state index in [0.717, 1.165) is 11.4 Å². The summed E-state index contributed by atoms with van der Waals surface area (Å²) in [6, 6.07) is 2.00. The SMILES string of the molecule is Cc1cc(-c2c(C)c(C)c(C)c(C)c2C)nc(N)n1. The molecule has 3 nitrogen and oxygen atoms in total. The summed E-state index contributed by atoms with van der Waals surface area (Å²) in [7, 11) is 0. The highest BCUT2D eigenvalue weighted by Gasteiger charge is 2.15. The lowest BCUT2D eigenvalue weighted by Crippen LogP contribution is -2.03. The Morgan fingerprint density at radius 1 is 0.737 bits per heavy atom. The Labute approximate surface area is 114 Å². The number of rotatable bonds is 1. The summed E-state index contributed by atoms with van der Waals surface area (Å²) in [5, 5.41) is 0. The van der Waals surface area contributed by atoms with Crippen molar-refractivity contribution in [1.82, 2.24) is 9.97 Å². The minimum Gasteiger partial charge on any atom is -0.368 e. The van der Waals surface area contributed by atoms with Crippen molar-refractivity contribution in [2.75, 3.05) is 5.73 Å². The molecule has 3 heteroatoms. The number of benzene rings is 1. The summed E-state index contributed by atoms with van der Waals surface area (Å²) >= 11 is 0. The average molecular weight is 255 g/mol. The lowest BCUT2D eigenvalue weighted by Gasteiger charge is -2.18. The van der Waals surface area contributed by atoms with Crippen molar-refractivity contribution in [3.63, 3.8) is 0 Å². The van der Waals surface area contributed by atoms with Crippen molar-refractivity contribution >= 4 is 5.95 Å². The van der Waals surface area contributed by atoms with Crippen LogP contribution in [-0.2, 0) is 0 Å². The smallest absolute Gasteiger partial charge is 0.220 e. The maximum absolute atomic E-state index is 5.78. The van der Waals surface area contributed by atoms with Crippen LogP contribution in [0.25, 0.3) is 11.3 Å². The Morgan fingerprint density at radius 2 is 1.21 bits per heavy atom. The van der Waals surface area contributed by atoms with Gasteiger partial charge in [-0.2, -0.15) is 0 Å². The number of nitrogens with zero attached hydrogens (tertiary/aromatic N) is 2. The minimum absolute atomic E-state index is 0.338. The fourth-order valence-corrected chi connectivity index (χ4v) is 2.60. The molecular weight excluding hydrogens is 234 g/mol. The van der Waals surface area contributed by atoms with E-state index in [0.29, 0.717) is 5.95 Å². The van der Waals surface area contributed by atoms with E-state index in [-0.39, 0.29) is 0 Å². The van der Waals surface area contributed by atoms with Crippen LogP contribution < -0.4 is 5.73 Å². The summed E-state index contributed by atoms with van der Waals surface area (Å²) in [6.07, 6.45) is 0. The molecule has 0 bridgehead atoms. The fourth-order valence-electron chi connectivity index (χ4n) is 2.60. The van der Waals surface area contributed by atoms with E-state index >= 15 is 0 Å². The molecule has 2 aromatic rings. The molecule has 2 rings (SSSR count). The second kappa shape index (κ2) is 4.65. The zero-order valence-electron chi connectivity index (χ0n) is 12.5. The van der Waals surface area contributed by atoms with Gasteiger partial charge in [-0.25, -0.2) is 9.97 Å². The van der Waals surface area contributed by atoms with Crippen molar-refractivity contribution in [1.29, 1.82) is 0 Å². The van der Waals surface area contributed by atoms with Gasteiger partial charge >= 0.3 is 0 Å². The van der Waals surface area contributed by atoms with Crippen LogP contribution in [0.15, 0.2) is 6.07 Å². The first-order chi connectivity index (χ1) is 8.82. The minimum atomic E-state index is 0.338. The molecule has 0 saturated heterocycles. The molecule has 0 aliphatic rings. The van der Waals surface area contributed by atoms with Crippen LogP contribution in [0.3, 0.4) is 0 Å². The molecule has 0 fully saturated rings. The number of aryl methyl sites for hydroxylation is 1. The number of hydrogen-bond donors (Lipinski definition) is 1. The van der Waals surface area contributed by atoms with Gasteiger partial charge in [0, 0.05) is 11.3 Å². The van der Waals surface area contributed by atoms with E-state index in [1.54, 1.807) is 0 Å². The maximum atomic E-state index is 5.78. The van der Waals surface area contributed by atoms with Crippen LogP contribution in [0, 0.1) is 41.5 Å². The third-order valence-corrected chi connectivity index (χ3v) is 4.13. The first-order valence-electron chi connectivity index (χ1n) is 6.51. The van der Waals surface area contributed by atoms with Gasteiger partial charge < -0.3 is 5.73 Å². The number of aromatic nitrogens is 2. The van der Waals surface area contributed by atoms with Crippen LogP contribution in [0.1, 0.15) is 33.5 Å². The molecule has 100 valence electrons. The molecule has 0 radical (unpaired) electrons. The summed E-state index contributed by atoms with van der Waals surface area (Å²) in [6.45, 7) is 12.7. The predicted octanol–water partition coefficient (Wildman–Crippen LogP) is 3.58. The Bertz CT molecular complexity index is 608. The predicted molar refractivity (Wildman–Crippen MR) is 80.3 cm³/mol. The molecule has 1 heterocycles. The van der Waals surface area contributed by atoms with Crippen LogP contribution >= 0.6 is 0 Å². The van der Waals surface area contributed by atoms with E-state index in [4.69, 9.17) is 5.73 Å². The van der Waals surface area contributed by atoms with E-state index in [2.05, 4.69) is 44.6 Å². The van der Waals surface area contributed by atoms with Crippen LogP contribution in [-0.4, -0.2) is 9.97 Å². The van der Waals surface area contributed by atoms with Crippen molar-refractivity contribution in [3.8, 4) is 11.3 Å². The van der Waals surface area contributed by atoms with E-state index in [9.17, 15) is 0 Å². The molecule has 1 aromatic heterocycles. The van der Waals surface area contributed by atoms with Crippen LogP contribution in [0.4, 0.5) is 5.95 Å². The number of anilines is 1. The highest BCUT2D eigenvalue weighted by atomic mass is 15.0. The molecule has 0 aliphatic carbocycles. The van der Waals surface area contributed by atoms with Crippen molar-refractivity contribution in [2.24, 2.45) is 0 Å². The van der Waals surface area contributed by atoms with Crippen LogP contribution in [0.5, 0.6) is 0 Å². The van der Waals surface area contributed by atoms with Crippen molar-refractivity contribution in [3.05, 3.63) is 39.6 Å². The summed E-state index contributed by atoms with van der Waals surface area (Å²) < 4.78 is 0. The molecule has 0 amide bonds. The number of nitrogens with two attached hydrogens (primary N) is 1. The second-order valence-electron chi connectivity index (χ2n) is 5.25. The first-order valence-corrected chi connectivity index (χ1v) is 6.51. The molecule has 19 heavy (non-hydrogen) atoms.